The maximum Gasteiger partial charge on any atom is 0.256 e. The van der Waals surface area contributed by atoms with E-state index in [-0.39, 0.29) is 5.91 Å². The number of ether oxygens (including phenoxy) is 2. The highest BCUT2D eigenvalue weighted by Gasteiger charge is 2.48. The summed E-state index contributed by atoms with van der Waals surface area (Å²) in [5.41, 5.74) is 0.0388. The molecule has 0 radical (unpaired) electrons. The third kappa shape index (κ3) is 3.85. The van der Waals surface area contributed by atoms with Gasteiger partial charge in [-0.3, -0.25) is 4.79 Å². The molecule has 0 heterocycles. The van der Waals surface area contributed by atoms with Crippen LogP contribution in [0.5, 0.6) is 5.75 Å². The molecule has 1 amide bonds. The third-order valence-electron chi connectivity index (χ3n) is 4.96. The first-order valence-corrected chi connectivity index (χ1v) is 9.55. The van der Waals surface area contributed by atoms with Crippen LogP contribution in [0.4, 0.5) is 5.69 Å². The van der Waals surface area contributed by atoms with Gasteiger partial charge in [0.2, 0.25) is 0 Å². The van der Waals surface area contributed by atoms with Crippen LogP contribution in [-0.4, -0.2) is 24.7 Å². The molecular weight excluding hydrogens is 326 g/mol. The van der Waals surface area contributed by atoms with Crippen molar-refractivity contribution in [3.63, 3.8) is 0 Å². The van der Waals surface area contributed by atoms with E-state index in [9.17, 15) is 4.79 Å². The second-order valence-corrected chi connectivity index (χ2v) is 7.63. The number of rotatable bonds is 8. The molecule has 0 saturated heterocycles. The number of nitrogens with one attached hydrogen (secondary N) is 1. The Labute approximate surface area is 155 Å². The summed E-state index contributed by atoms with van der Waals surface area (Å²) in [6.07, 6.45) is 2.10. The van der Waals surface area contributed by atoms with Gasteiger partial charge in [-0.2, -0.15) is 0 Å². The van der Waals surface area contributed by atoms with Crippen LogP contribution in [0.3, 0.4) is 0 Å². The minimum Gasteiger partial charge on any atom is -0.493 e. The molecule has 1 saturated carbocycles. The fourth-order valence-electron chi connectivity index (χ4n) is 3.31. The molecule has 3 rings (SSSR count). The maximum atomic E-state index is 13.0. The SMILES string of the molecule is CCO[C@@](C)(C(=O)Nc1ccc(OCC(C)C)c2ccccc12)C1CC1. The molecule has 0 bridgehead atoms. The standard InChI is InChI=1S/C22H29NO3/c1-5-26-22(4,16-10-11-16)21(24)23-19-12-13-20(25-14-15(2)3)18-9-7-6-8-17(18)19/h6-9,12-13,15-16H,5,10-11,14H2,1-4H3,(H,23,24)/t22-/m1/s1. The van der Waals surface area contributed by atoms with Crippen molar-refractivity contribution in [3.8, 4) is 5.75 Å². The number of fused-ring (bicyclic) bond motifs is 1. The number of benzene rings is 2. The van der Waals surface area contributed by atoms with Gasteiger partial charge < -0.3 is 14.8 Å². The second-order valence-electron chi connectivity index (χ2n) is 7.63. The summed E-state index contributed by atoms with van der Waals surface area (Å²) in [7, 11) is 0. The Kier molecular flexibility index (Phi) is 5.52. The van der Waals surface area contributed by atoms with Crippen molar-refractivity contribution in [2.24, 2.45) is 11.8 Å². The Morgan fingerprint density at radius 1 is 1.19 bits per heavy atom. The van der Waals surface area contributed by atoms with Crippen molar-refractivity contribution >= 4 is 22.4 Å². The van der Waals surface area contributed by atoms with E-state index >= 15 is 0 Å². The number of carbonyl (C=O) groups excluding carboxylic acids is 1. The molecule has 1 aliphatic carbocycles. The first-order valence-electron chi connectivity index (χ1n) is 9.55. The predicted octanol–water partition coefficient (Wildman–Crippen LogP) is 5.02. The average Bonchev–Trinajstić information content (AvgIpc) is 3.46. The highest BCUT2D eigenvalue weighted by atomic mass is 16.5. The molecule has 0 unspecified atom stereocenters. The molecule has 1 fully saturated rings. The summed E-state index contributed by atoms with van der Waals surface area (Å²) < 4.78 is 11.8. The number of amides is 1. The van der Waals surface area contributed by atoms with Gasteiger partial charge in [0.15, 0.2) is 0 Å². The Morgan fingerprint density at radius 2 is 1.88 bits per heavy atom. The maximum absolute atomic E-state index is 13.0. The molecule has 1 N–H and O–H groups in total. The lowest BCUT2D eigenvalue weighted by Crippen LogP contribution is -2.44. The van der Waals surface area contributed by atoms with Crippen molar-refractivity contribution in [2.75, 3.05) is 18.5 Å². The summed E-state index contributed by atoms with van der Waals surface area (Å²) in [4.78, 5) is 13.0. The lowest BCUT2D eigenvalue weighted by atomic mass is 9.98. The highest BCUT2D eigenvalue weighted by molar-refractivity contribution is 6.06. The van der Waals surface area contributed by atoms with E-state index in [1.165, 1.54) is 0 Å². The van der Waals surface area contributed by atoms with Crippen LogP contribution in [0.2, 0.25) is 0 Å². The first-order chi connectivity index (χ1) is 12.5. The molecule has 2 aromatic carbocycles. The van der Waals surface area contributed by atoms with Gasteiger partial charge in [-0.05, 0) is 50.7 Å². The van der Waals surface area contributed by atoms with E-state index < -0.39 is 5.60 Å². The number of carbonyl (C=O) groups is 1. The molecule has 0 aromatic heterocycles. The summed E-state index contributed by atoms with van der Waals surface area (Å²) in [5, 5.41) is 5.10. The fraction of sp³-hybridized carbons (Fsp3) is 0.500. The van der Waals surface area contributed by atoms with Gasteiger partial charge in [-0.15, -0.1) is 0 Å². The van der Waals surface area contributed by atoms with Gasteiger partial charge in [0.25, 0.3) is 5.91 Å². The molecule has 0 spiro atoms. The van der Waals surface area contributed by atoms with Crippen LogP contribution >= 0.6 is 0 Å². The van der Waals surface area contributed by atoms with Crippen LogP contribution < -0.4 is 10.1 Å². The van der Waals surface area contributed by atoms with Crippen LogP contribution in [0.25, 0.3) is 10.8 Å². The molecule has 4 nitrogen and oxygen atoms in total. The minimum absolute atomic E-state index is 0.0668. The predicted molar refractivity (Wildman–Crippen MR) is 106 cm³/mol. The van der Waals surface area contributed by atoms with Crippen molar-refractivity contribution in [3.05, 3.63) is 36.4 Å². The lowest BCUT2D eigenvalue weighted by Gasteiger charge is -2.28. The summed E-state index contributed by atoms with van der Waals surface area (Å²) in [5.74, 6) is 1.55. The van der Waals surface area contributed by atoms with Crippen molar-refractivity contribution in [1.82, 2.24) is 0 Å². The van der Waals surface area contributed by atoms with Crippen LogP contribution in [-0.2, 0) is 9.53 Å². The number of hydrogen-bond acceptors (Lipinski definition) is 3. The summed E-state index contributed by atoms with van der Waals surface area (Å²) in [6, 6.07) is 11.9. The van der Waals surface area contributed by atoms with Crippen LogP contribution in [0.1, 0.15) is 40.5 Å². The van der Waals surface area contributed by atoms with E-state index in [2.05, 4.69) is 19.2 Å². The lowest BCUT2D eigenvalue weighted by molar-refractivity contribution is -0.141. The van der Waals surface area contributed by atoms with E-state index in [4.69, 9.17) is 9.47 Å². The van der Waals surface area contributed by atoms with Gasteiger partial charge in [0.1, 0.15) is 11.4 Å². The first kappa shape index (κ1) is 18.7. The largest absolute Gasteiger partial charge is 0.493 e. The Bertz CT molecular complexity index is 782. The van der Waals surface area contributed by atoms with E-state index in [0.717, 1.165) is 35.1 Å². The van der Waals surface area contributed by atoms with Gasteiger partial charge in [0, 0.05) is 23.1 Å². The summed E-state index contributed by atoms with van der Waals surface area (Å²) >= 11 is 0. The number of anilines is 1. The van der Waals surface area contributed by atoms with Gasteiger partial charge in [0.05, 0.1) is 6.61 Å². The van der Waals surface area contributed by atoms with Crippen LogP contribution in [0.15, 0.2) is 36.4 Å². The fourth-order valence-corrected chi connectivity index (χ4v) is 3.31. The smallest absolute Gasteiger partial charge is 0.256 e. The molecule has 26 heavy (non-hydrogen) atoms. The Hall–Kier alpha value is -2.07. The quantitative estimate of drug-likeness (QED) is 0.723. The highest BCUT2D eigenvalue weighted by Crippen LogP contribution is 2.43. The third-order valence-corrected chi connectivity index (χ3v) is 4.96. The van der Waals surface area contributed by atoms with E-state index in [1.807, 2.05) is 50.2 Å². The van der Waals surface area contributed by atoms with Gasteiger partial charge in [-0.25, -0.2) is 0 Å². The van der Waals surface area contributed by atoms with Crippen molar-refractivity contribution < 1.29 is 14.3 Å². The van der Waals surface area contributed by atoms with Gasteiger partial charge in [-0.1, -0.05) is 38.1 Å². The monoisotopic (exact) mass is 355 g/mol. The normalized spacial score (nSPS) is 16.5. The zero-order valence-corrected chi connectivity index (χ0v) is 16.2. The molecule has 1 atom stereocenters. The second kappa shape index (κ2) is 7.67. The molecule has 140 valence electrons. The Balaban J connectivity index is 1.88. The summed E-state index contributed by atoms with van der Waals surface area (Å²) in [6.45, 7) is 9.30. The zero-order chi connectivity index (χ0) is 18.7. The molecule has 0 aliphatic heterocycles. The van der Waals surface area contributed by atoms with Crippen molar-refractivity contribution in [1.29, 1.82) is 0 Å². The van der Waals surface area contributed by atoms with Crippen molar-refractivity contribution in [2.45, 2.75) is 46.1 Å². The van der Waals surface area contributed by atoms with Gasteiger partial charge >= 0.3 is 0 Å². The van der Waals surface area contributed by atoms with E-state index in [1.54, 1.807) is 0 Å². The minimum atomic E-state index is -0.761. The van der Waals surface area contributed by atoms with Crippen LogP contribution in [0, 0.1) is 11.8 Å². The zero-order valence-electron chi connectivity index (χ0n) is 16.2. The molecular formula is C22H29NO3. The molecule has 1 aliphatic rings. The van der Waals surface area contributed by atoms with E-state index in [0.29, 0.717) is 25.0 Å². The molecule has 2 aromatic rings. The topological polar surface area (TPSA) is 47.6 Å². The number of hydrogen-bond donors (Lipinski definition) is 1. The molecule has 4 heteroatoms. The average molecular weight is 355 g/mol. The Morgan fingerprint density at radius 3 is 2.50 bits per heavy atom.